The summed E-state index contributed by atoms with van der Waals surface area (Å²) in [5.41, 5.74) is 2.34. The maximum Gasteiger partial charge on any atom is 0.263 e. The summed E-state index contributed by atoms with van der Waals surface area (Å²) in [7, 11) is -2.87. The van der Waals surface area contributed by atoms with E-state index in [-0.39, 0.29) is 23.3 Å². The first-order valence-corrected chi connectivity index (χ1v) is 8.07. The Labute approximate surface area is 104 Å². The SMILES string of the molecule is Cc1ncsc1C(=O)NCC1CCS(=O)(=O)C1. The van der Waals surface area contributed by atoms with Gasteiger partial charge in [0.25, 0.3) is 5.91 Å². The second kappa shape index (κ2) is 4.73. The van der Waals surface area contributed by atoms with Gasteiger partial charge in [0.2, 0.25) is 0 Å². The zero-order chi connectivity index (χ0) is 12.5. The minimum Gasteiger partial charge on any atom is -0.351 e. The summed E-state index contributed by atoms with van der Waals surface area (Å²) >= 11 is 1.30. The number of hydrogen-bond acceptors (Lipinski definition) is 5. The van der Waals surface area contributed by atoms with E-state index in [1.54, 1.807) is 12.4 Å². The topological polar surface area (TPSA) is 76.1 Å². The van der Waals surface area contributed by atoms with Crippen LogP contribution in [-0.2, 0) is 9.84 Å². The Kier molecular flexibility index (Phi) is 3.48. The highest BCUT2D eigenvalue weighted by Crippen LogP contribution is 2.18. The first kappa shape index (κ1) is 12.5. The minimum atomic E-state index is -2.87. The van der Waals surface area contributed by atoms with E-state index < -0.39 is 9.84 Å². The molecule has 1 atom stereocenters. The van der Waals surface area contributed by atoms with Gasteiger partial charge in [-0.05, 0) is 19.3 Å². The Hall–Kier alpha value is -0.950. The van der Waals surface area contributed by atoms with Gasteiger partial charge in [0.15, 0.2) is 9.84 Å². The molecular weight excluding hydrogens is 260 g/mol. The number of carbonyl (C=O) groups is 1. The standard InChI is InChI=1S/C10H14N2O3S2/c1-7-9(16-6-12-7)10(13)11-4-8-2-3-17(14,15)5-8/h6,8H,2-5H2,1H3,(H,11,13). The lowest BCUT2D eigenvalue weighted by Crippen LogP contribution is -2.29. The minimum absolute atomic E-state index is 0.0529. The number of carbonyl (C=O) groups excluding carboxylic acids is 1. The van der Waals surface area contributed by atoms with E-state index in [1.165, 1.54) is 11.3 Å². The quantitative estimate of drug-likeness (QED) is 0.876. The Morgan fingerprint density at radius 2 is 2.41 bits per heavy atom. The van der Waals surface area contributed by atoms with Gasteiger partial charge in [-0.2, -0.15) is 0 Å². The molecule has 0 aromatic carbocycles. The summed E-state index contributed by atoms with van der Waals surface area (Å²) < 4.78 is 22.5. The average molecular weight is 274 g/mol. The van der Waals surface area contributed by atoms with Gasteiger partial charge in [-0.1, -0.05) is 0 Å². The molecule has 1 aliphatic heterocycles. The fourth-order valence-electron chi connectivity index (χ4n) is 1.87. The molecule has 1 aliphatic rings. The molecule has 0 spiro atoms. The van der Waals surface area contributed by atoms with Crippen molar-refractivity contribution in [3.8, 4) is 0 Å². The highest BCUT2D eigenvalue weighted by Gasteiger charge is 2.28. The van der Waals surface area contributed by atoms with Crippen molar-refractivity contribution >= 4 is 27.1 Å². The molecule has 0 bridgehead atoms. The van der Waals surface area contributed by atoms with E-state index in [4.69, 9.17) is 0 Å². The summed E-state index contributed by atoms with van der Waals surface area (Å²) in [4.78, 5) is 16.4. The molecular formula is C10H14N2O3S2. The number of amides is 1. The number of nitrogens with one attached hydrogen (secondary N) is 1. The summed E-state index contributed by atoms with van der Waals surface area (Å²) in [5.74, 6) is 0.327. The van der Waals surface area contributed by atoms with Gasteiger partial charge < -0.3 is 5.32 Å². The van der Waals surface area contributed by atoms with Crippen molar-refractivity contribution in [2.45, 2.75) is 13.3 Å². The highest BCUT2D eigenvalue weighted by molar-refractivity contribution is 7.91. The highest BCUT2D eigenvalue weighted by atomic mass is 32.2. The average Bonchev–Trinajstić information content (AvgIpc) is 2.81. The predicted molar refractivity (Wildman–Crippen MR) is 65.9 cm³/mol. The fourth-order valence-corrected chi connectivity index (χ4v) is 4.45. The van der Waals surface area contributed by atoms with Crippen LogP contribution in [0.3, 0.4) is 0 Å². The van der Waals surface area contributed by atoms with Crippen LogP contribution < -0.4 is 5.32 Å². The lowest BCUT2D eigenvalue weighted by molar-refractivity contribution is 0.0951. The van der Waals surface area contributed by atoms with Crippen LogP contribution in [0, 0.1) is 12.8 Å². The van der Waals surface area contributed by atoms with Crippen LogP contribution in [0.1, 0.15) is 21.8 Å². The second-order valence-electron chi connectivity index (χ2n) is 4.25. The van der Waals surface area contributed by atoms with Crippen LogP contribution in [0.5, 0.6) is 0 Å². The summed E-state index contributed by atoms with van der Waals surface area (Å²) in [5, 5.41) is 2.77. The van der Waals surface area contributed by atoms with Crippen LogP contribution in [0.4, 0.5) is 0 Å². The molecule has 1 amide bonds. The zero-order valence-electron chi connectivity index (χ0n) is 9.47. The van der Waals surface area contributed by atoms with Gasteiger partial charge in [0.1, 0.15) is 4.88 Å². The first-order chi connectivity index (χ1) is 7.98. The molecule has 1 N–H and O–H groups in total. The Morgan fingerprint density at radius 3 is 2.94 bits per heavy atom. The van der Waals surface area contributed by atoms with Crippen molar-refractivity contribution in [3.05, 3.63) is 16.1 Å². The maximum atomic E-state index is 11.8. The van der Waals surface area contributed by atoms with Crippen molar-refractivity contribution in [1.82, 2.24) is 10.3 Å². The lowest BCUT2D eigenvalue weighted by atomic mass is 10.1. The van der Waals surface area contributed by atoms with Gasteiger partial charge in [-0.15, -0.1) is 11.3 Å². The largest absolute Gasteiger partial charge is 0.351 e. The molecule has 2 heterocycles. The molecule has 1 aromatic rings. The zero-order valence-corrected chi connectivity index (χ0v) is 11.1. The van der Waals surface area contributed by atoms with Gasteiger partial charge in [0.05, 0.1) is 22.7 Å². The molecule has 1 unspecified atom stereocenters. The Balaban J connectivity index is 1.88. The Bertz CT molecular complexity index is 521. The van der Waals surface area contributed by atoms with Crippen LogP contribution in [-0.4, -0.2) is 37.4 Å². The van der Waals surface area contributed by atoms with Crippen LogP contribution in [0.2, 0.25) is 0 Å². The molecule has 1 aromatic heterocycles. The third-order valence-corrected chi connectivity index (χ3v) is 5.59. The monoisotopic (exact) mass is 274 g/mol. The van der Waals surface area contributed by atoms with Crippen molar-refractivity contribution < 1.29 is 13.2 Å². The fraction of sp³-hybridized carbons (Fsp3) is 0.600. The molecule has 2 rings (SSSR count). The molecule has 0 radical (unpaired) electrons. The number of sulfone groups is 1. The summed E-state index contributed by atoms with van der Waals surface area (Å²) in [6, 6.07) is 0. The molecule has 1 fully saturated rings. The Morgan fingerprint density at radius 1 is 1.65 bits per heavy atom. The maximum absolute atomic E-state index is 11.8. The number of nitrogens with zero attached hydrogens (tertiary/aromatic N) is 1. The van der Waals surface area contributed by atoms with E-state index in [0.29, 0.717) is 23.5 Å². The van der Waals surface area contributed by atoms with Gasteiger partial charge in [-0.25, -0.2) is 13.4 Å². The van der Waals surface area contributed by atoms with Crippen LogP contribution >= 0.6 is 11.3 Å². The van der Waals surface area contributed by atoms with Crippen LogP contribution in [0.25, 0.3) is 0 Å². The van der Waals surface area contributed by atoms with E-state index in [1.807, 2.05) is 0 Å². The van der Waals surface area contributed by atoms with Crippen molar-refractivity contribution in [1.29, 1.82) is 0 Å². The van der Waals surface area contributed by atoms with E-state index in [0.717, 1.165) is 0 Å². The predicted octanol–water partition coefficient (Wildman–Crippen LogP) is 0.616. The molecule has 17 heavy (non-hydrogen) atoms. The van der Waals surface area contributed by atoms with Crippen molar-refractivity contribution in [2.75, 3.05) is 18.1 Å². The molecule has 94 valence electrons. The molecule has 1 saturated heterocycles. The third-order valence-electron chi connectivity index (χ3n) is 2.83. The van der Waals surface area contributed by atoms with Crippen molar-refractivity contribution in [2.24, 2.45) is 5.92 Å². The first-order valence-electron chi connectivity index (χ1n) is 5.36. The van der Waals surface area contributed by atoms with Crippen LogP contribution in [0.15, 0.2) is 5.51 Å². The molecule has 0 aliphatic carbocycles. The smallest absolute Gasteiger partial charge is 0.263 e. The van der Waals surface area contributed by atoms with Crippen molar-refractivity contribution in [3.63, 3.8) is 0 Å². The third kappa shape index (κ3) is 3.04. The number of aryl methyl sites for hydroxylation is 1. The lowest BCUT2D eigenvalue weighted by Gasteiger charge is -2.08. The summed E-state index contributed by atoms with van der Waals surface area (Å²) in [6.45, 7) is 2.21. The number of aromatic nitrogens is 1. The normalized spacial score (nSPS) is 22.5. The number of rotatable bonds is 3. The van der Waals surface area contributed by atoms with E-state index in [2.05, 4.69) is 10.3 Å². The second-order valence-corrected chi connectivity index (χ2v) is 7.33. The number of hydrogen-bond donors (Lipinski definition) is 1. The molecule has 5 nitrogen and oxygen atoms in total. The van der Waals surface area contributed by atoms with E-state index in [9.17, 15) is 13.2 Å². The van der Waals surface area contributed by atoms with Gasteiger partial charge >= 0.3 is 0 Å². The molecule has 7 heteroatoms. The number of thiazole rings is 1. The van der Waals surface area contributed by atoms with Gasteiger partial charge in [-0.3, -0.25) is 4.79 Å². The molecule has 0 saturated carbocycles. The van der Waals surface area contributed by atoms with Gasteiger partial charge in [0, 0.05) is 6.54 Å². The summed E-state index contributed by atoms with van der Waals surface area (Å²) in [6.07, 6.45) is 0.643. The van der Waals surface area contributed by atoms with E-state index >= 15 is 0 Å².